The Kier molecular flexibility index (Phi) is 2.61. The lowest BCUT2D eigenvalue weighted by Crippen LogP contribution is -2.35. The molecule has 1 aromatic carbocycles. The summed E-state index contributed by atoms with van der Waals surface area (Å²) in [6.07, 6.45) is 0.123. The summed E-state index contributed by atoms with van der Waals surface area (Å²) in [4.78, 5) is 2.03. The number of fused-ring (bicyclic) bond motifs is 1. The van der Waals surface area contributed by atoms with Crippen molar-refractivity contribution in [2.75, 3.05) is 24.2 Å². The van der Waals surface area contributed by atoms with Crippen LogP contribution >= 0.6 is 23.2 Å². The number of ether oxygens (including phenoxy) is 1. The number of halogens is 2. The second-order valence-electron chi connectivity index (χ2n) is 3.74. The Hall–Kier alpha value is -0.800. The minimum absolute atomic E-state index is 0.123. The molecule has 1 heterocycles. The van der Waals surface area contributed by atoms with Crippen LogP contribution in [0.25, 0.3) is 0 Å². The summed E-state index contributed by atoms with van der Waals surface area (Å²) in [5.74, 6) is 0.695. The number of anilines is 2. The molecule has 0 amide bonds. The third kappa shape index (κ3) is 1.70. The van der Waals surface area contributed by atoms with Gasteiger partial charge >= 0.3 is 0 Å². The van der Waals surface area contributed by atoms with Crippen LogP contribution in [0.1, 0.15) is 6.92 Å². The van der Waals surface area contributed by atoms with Gasteiger partial charge in [-0.25, -0.2) is 0 Å². The lowest BCUT2D eigenvalue weighted by Gasteiger charge is -2.33. The zero-order valence-corrected chi connectivity index (χ0v) is 10.1. The maximum absolute atomic E-state index is 6.13. The molecule has 1 aliphatic rings. The van der Waals surface area contributed by atoms with Crippen molar-refractivity contribution in [1.29, 1.82) is 0 Å². The van der Waals surface area contributed by atoms with Crippen LogP contribution in [0.2, 0.25) is 10.0 Å². The number of rotatable bonds is 0. The van der Waals surface area contributed by atoms with E-state index in [1.165, 1.54) is 0 Å². The first-order valence-electron chi connectivity index (χ1n) is 4.66. The van der Waals surface area contributed by atoms with E-state index in [-0.39, 0.29) is 6.10 Å². The van der Waals surface area contributed by atoms with Gasteiger partial charge in [0.1, 0.15) is 17.5 Å². The molecule has 0 bridgehead atoms. The zero-order chi connectivity index (χ0) is 11.2. The van der Waals surface area contributed by atoms with E-state index in [0.717, 1.165) is 12.2 Å². The molecular weight excluding hydrogens is 235 g/mol. The Morgan fingerprint density at radius 2 is 2.20 bits per heavy atom. The Labute approximate surface area is 98.7 Å². The molecule has 1 aromatic rings. The first kappa shape index (κ1) is 10.7. The van der Waals surface area contributed by atoms with Crippen molar-refractivity contribution in [3.05, 3.63) is 16.1 Å². The molecule has 3 nitrogen and oxygen atoms in total. The van der Waals surface area contributed by atoms with Gasteiger partial charge in [-0.2, -0.15) is 0 Å². The van der Waals surface area contributed by atoms with Crippen molar-refractivity contribution in [3.63, 3.8) is 0 Å². The van der Waals surface area contributed by atoms with Crippen LogP contribution in [0.15, 0.2) is 6.07 Å². The van der Waals surface area contributed by atoms with Crippen molar-refractivity contribution in [3.8, 4) is 5.75 Å². The minimum Gasteiger partial charge on any atom is -0.487 e. The quantitative estimate of drug-likeness (QED) is 0.716. The molecule has 0 radical (unpaired) electrons. The van der Waals surface area contributed by atoms with E-state index >= 15 is 0 Å². The second-order valence-corrected chi connectivity index (χ2v) is 4.53. The van der Waals surface area contributed by atoms with Gasteiger partial charge in [-0.3, -0.25) is 0 Å². The Morgan fingerprint density at radius 3 is 2.87 bits per heavy atom. The molecular formula is C10H12Cl2N2O. The lowest BCUT2D eigenvalue weighted by molar-refractivity contribution is 0.215. The van der Waals surface area contributed by atoms with Crippen molar-refractivity contribution in [2.24, 2.45) is 0 Å². The summed E-state index contributed by atoms with van der Waals surface area (Å²) < 4.78 is 5.65. The SMILES string of the molecule is CC1CN(C)c2c(cc(Cl)c(N)c2Cl)O1. The van der Waals surface area contributed by atoms with Crippen molar-refractivity contribution in [2.45, 2.75) is 13.0 Å². The normalized spacial score (nSPS) is 19.7. The number of hydrogen-bond donors (Lipinski definition) is 1. The standard InChI is InChI=1S/C10H12Cl2N2O/c1-5-4-14(2)10-7(15-5)3-6(11)9(13)8(10)12/h3,5H,4,13H2,1-2H3. The molecule has 0 saturated carbocycles. The van der Waals surface area contributed by atoms with Crippen LogP contribution < -0.4 is 15.4 Å². The molecule has 1 unspecified atom stereocenters. The highest BCUT2D eigenvalue weighted by Crippen LogP contribution is 2.45. The predicted molar refractivity (Wildman–Crippen MR) is 64.2 cm³/mol. The van der Waals surface area contributed by atoms with Crippen LogP contribution in [-0.4, -0.2) is 19.7 Å². The van der Waals surface area contributed by atoms with Crippen molar-refractivity contribution < 1.29 is 4.74 Å². The summed E-state index contributed by atoms with van der Waals surface area (Å²) in [6, 6.07) is 1.71. The van der Waals surface area contributed by atoms with E-state index in [2.05, 4.69) is 0 Å². The first-order chi connectivity index (χ1) is 7.00. The van der Waals surface area contributed by atoms with Gasteiger partial charge < -0.3 is 15.4 Å². The maximum atomic E-state index is 6.13. The van der Waals surface area contributed by atoms with Crippen LogP contribution in [-0.2, 0) is 0 Å². The molecule has 1 atom stereocenters. The molecule has 2 N–H and O–H groups in total. The fraction of sp³-hybridized carbons (Fsp3) is 0.400. The van der Waals surface area contributed by atoms with E-state index in [0.29, 0.717) is 21.5 Å². The average molecular weight is 247 g/mol. The smallest absolute Gasteiger partial charge is 0.146 e. The van der Waals surface area contributed by atoms with Gasteiger partial charge in [0, 0.05) is 13.1 Å². The fourth-order valence-corrected chi connectivity index (χ4v) is 2.36. The average Bonchev–Trinajstić information content (AvgIpc) is 2.13. The van der Waals surface area contributed by atoms with E-state index < -0.39 is 0 Å². The van der Waals surface area contributed by atoms with Gasteiger partial charge in [-0.15, -0.1) is 0 Å². The molecule has 0 aliphatic carbocycles. The van der Waals surface area contributed by atoms with Crippen LogP contribution in [0, 0.1) is 0 Å². The highest BCUT2D eigenvalue weighted by Gasteiger charge is 2.25. The van der Waals surface area contributed by atoms with Gasteiger partial charge in [0.15, 0.2) is 0 Å². The summed E-state index contributed by atoms with van der Waals surface area (Å²) in [5, 5.41) is 0.896. The highest BCUT2D eigenvalue weighted by atomic mass is 35.5. The summed E-state index contributed by atoms with van der Waals surface area (Å²) >= 11 is 12.1. The second kappa shape index (κ2) is 3.65. The molecule has 5 heteroatoms. The first-order valence-corrected chi connectivity index (χ1v) is 5.41. The highest BCUT2D eigenvalue weighted by molar-refractivity contribution is 6.41. The van der Waals surface area contributed by atoms with Gasteiger partial charge in [-0.05, 0) is 6.92 Å². The zero-order valence-electron chi connectivity index (χ0n) is 8.55. The van der Waals surface area contributed by atoms with Gasteiger partial charge in [0.2, 0.25) is 0 Å². The van der Waals surface area contributed by atoms with Crippen molar-refractivity contribution in [1.82, 2.24) is 0 Å². The van der Waals surface area contributed by atoms with Gasteiger partial charge in [-0.1, -0.05) is 23.2 Å². The van der Waals surface area contributed by atoms with Crippen LogP contribution in [0.3, 0.4) is 0 Å². The third-order valence-electron chi connectivity index (χ3n) is 2.43. The number of nitrogen functional groups attached to an aromatic ring is 1. The van der Waals surface area contributed by atoms with Gasteiger partial charge in [0.05, 0.1) is 22.3 Å². The number of nitrogens with two attached hydrogens (primary N) is 1. The van der Waals surface area contributed by atoms with E-state index in [4.69, 9.17) is 33.7 Å². The Bertz CT molecular complexity index is 409. The molecule has 2 rings (SSSR count). The minimum atomic E-state index is 0.123. The lowest BCUT2D eigenvalue weighted by atomic mass is 10.2. The largest absolute Gasteiger partial charge is 0.487 e. The predicted octanol–water partition coefficient (Wildman–Crippen LogP) is 2.79. The summed E-state index contributed by atoms with van der Waals surface area (Å²) in [6.45, 7) is 2.78. The monoisotopic (exact) mass is 246 g/mol. The third-order valence-corrected chi connectivity index (χ3v) is 3.13. The fourth-order valence-electron chi connectivity index (χ4n) is 1.78. The van der Waals surface area contributed by atoms with Crippen LogP contribution in [0.5, 0.6) is 5.75 Å². The maximum Gasteiger partial charge on any atom is 0.146 e. The topological polar surface area (TPSA) is 38.5 Å². The molecule has 1 aliphatic heterocycles. The number of benzene rings is 1. The van der Waals surface area contributed by atoms with E-state index in [1.54, 1.807) is 6.07 Å². The molecule has 15 heavy (non-hydrogen) atoms. The van der Waals surface area contributed by atoms with Crippen LogP contribution in [0.4, 0.5) is 11.4 Å². The number of hydrogen-bond acceptors (Lipinski definition) is 3. The number of likely N-dealkylation sites (N-methyl/N-ethyl adjacent to an activating group) is 1. The Morgan fingerprint density at radius 1 is 1.53 bits per heavy atom. The number of nitrogens with zero attached hydrogens (tertiary/aromatic N) is 1. The summed E-state index contributed by atoms with van der Waals surface area (Å²) in [5.41, 5.74) is 6.98. The van der Waals surface area contributed by atoms with Gasteiger partial charge in [0.25, 0.3) is 0 Å². The molecule has 0 fully saturated rings. The van der Waals surface area contributed by atoms with Crippen molar-refractivity contribution >= 4 is 34.6 Å². The molecule has 0 aromatic heterocycles. The Balaban J connectivity index is 2.60. The molecule has 0 saturated heterocycles. The molecule has 0 spiro atoms. The summed E-state index contributed by atoms with van der Waals surface area (Å²) in [7, 11) is 1.96. The molecule has 82 valence electrons. The van der Waals surface area contributed by atoms with E-state index in [1.807, 2.05) is 18.9 Å². The van der Waals surface area contributed by atoms with E-state index in [9.17, 15) is 0 Å².